The van der Waals surface area contributed by atoms with Crippen molar-refractivity contribution < 1.29 is 108 Å². The number of aliphatic hydroxyl groups is 9. The fraction of sp³-hybridized carbons (Fsp3) is 0.891. The van der Waals surface area contributed by atoms with Gasteiger partial charge in [0.25, 0.3) is 0 Å². The average Bonchev–Trinajstić information content (AvgIpc) is 3.98. The maximum absolute atomic E-state index is 14.6. The van der Waals surface area contributed by atoms with Gasteiger partial charge in [-0.15, -0.1) is 6.58 Å². The molecule has 438 valence electrons. The van der Waals surface area contributed by atoms with Crippen molar-refractivity contribution in [3.05, 3.63) is 23.8 Å². The second kappa shape index (κ2) is 22.1. The van der Waals surface area contributed by atoms with Crippen molar-refractivity contribution >= 4 is 11.9 Å². The molecule has 22 nitrogen and oxygen atoms in total. The first kappa shape index (κ1) is 59.3. The van der Waals surface area contributed by atoms with Crippen LogP contribution in [0.5, 0.6) is 0 Å². The molecule has 27 unspecified atom stereocenters. The Morgan fingerprint density at radius 1 is 0.753 bits per heavy atom. The molecule has 4 aliphatic carbocycles. The van der Waals surface area contributed by atoms with Crippen LogP contribution in [0.2, 0.25) is 0 Å². The van der Waals surface area contributed by atoms with E-state index in [2.05, 4.69) is 40.3 Å². The normalized spacial score (nSPS) is 51.3. The quantitative estimate of drug-likeness (QED) is 0.0622. The van der Waals surface area contributed by atoms with Crippen molar-refractivity contribution in [1.82, 2.24) is 0 Å². The summed E-state index contributed by atoms with van der Waals surface area (Å²) in [4.78, 5) is 27.4. The second-order valence-corrected chi connectivity index (χ2v) is 25.1. The first-order valence-corrected chi connectivity index (χ1v) is 27.7. The van der Waals surface area contributed by atoms with Gasteiger partial charge in [0.2, 0.25) is 0 Å². The lowest BCUT2D eigenvalue weighted by molar-refractivity contribution is -0.382. The Morgan fingerprint density at radius 2 is 1.40 bits per heavy atom. The van der Waals surface area contributed by atoms with Gasteiger partial charge in [-0.1, -0.05) is 44.9 Å². The molecule has 3 saturated carbocycles. The fourth-order valence-electron chi connectivity index (χ4n) is 16.2. The number of hydrogen-bond donors (Lipinski definition) is 9. The first-order chi connectivity index (χ1) is 36.2. The third-order valence-corrected chi connectivity index (χ3v) is 20.0. The molecule has 0 bridgehead atoms. The number of methoxy groups -OCH3 is 1. The van der Waals surface area contributed by atoms with E-state index in [1.54, 1.807) is 0 Å². The number of ether oxygens (including phenoxy) is 11. The third kappa shape index (κ3) is 9.99. The Hall–Kier alpha value is -2.30. The Labute approximate surface area is 450 Å². The molecule has 0 aromatic heterocycles. The summed E-state index contributed by atoms with van der Waals surface area (Å²) in [7, 11) is 1.23. The minimum atomic E-state index is -1.84. The van der Waals surface area contributed by atoms with Gasteiger partial charge in [0, 0.05) is 14.0 Å². The summed E-state index contributed by atoms with van der Waals surface area (Å²) in [6.45, 7) is 18.5. The fourth-order valence-corrected chi connectivity index (χ4v) is 16.2. The van der Waals surface area contributed by atoms with Gasteiger partial charge in [-0.25, -0.2) is 0 Å². The molecule has 5 heterocycles. The highest BCUT2D eigenvalue weighted by molar-refractivity contribution is 5.84. The van der Waals surface area contributed by atoms with E-state index in [9.17, 15) is 55.5 Å². The van der Waals surface area contributed by atoms with Crippen LogP contribution in [0.3, 0.4) is 0 Å². The van der Waals surface area contributed by atoms with E-state index in [0.717, 1.165) is 37.7 Å². The Balaban J connectivity index is 0.871. The summed E-state index contributed by atoms with van der Waals surface area (Å²) in [5.74, 6) is -0.775. The number of carbonyl (C=O) groups excluding carboxylic acids is 2. The van der Waals surface area contributed by atoms with Gasteiger partial charge < -0.3 is 98.1 Å². The zero-order chi connectivity index (χ0) is 56.1. The van der Waals surface area contributed by atoms with Crippen molar-refractivity contribution in [2.24, 2.45) is 39.4 Å². The molecule has 5 aliphatic heterocycles. The van der Waals surface area contributed by atoms with Gasteiger partial charge in [-0.3, -0.25) is 9.59 Å². The van der Waals surface area contributed by atoms with Crippen molar-refractivity contribution in [3.63, 3.8) is 0 Å². The molecule has 9 rings (SSSR count). The van der Waals surface area contributed by atoms with Gasteiger partial charge in [0.15, 0.2) is 25.2 Å². The molecule has 0 aromatic rings. The monoisotopic (exact) mass is 1100 g/mol. The van der Waals surface area contributed by atoms with E-state index in [4.69, 9.17) is 52.1 Å². The molecule has 77 heavy (non-hydrogen) atoms. The average molecular weight is 1100 g/mol. The zero-order valence-corrected chi connectivity index (χ0v) is 45.9. The Kier molecular flexibility index (Phi) is 17.0. The van der Waals surface area contributed by atoms with Crippen molar-refractivity contribution in [2.75, 3.05) is 26.9 Å². The second-order valence-electron chi connectivity index (χ2n) is 25.1. The molecule has 0 amide bonds. The number of carbonyl (C=O) groups is 2. The third-order valence-electron chi connectivity index (χ3n) is 20.0. The molecule has 22 heteroatoms. The lowest BCUT2D eigenvalue weighted by atomic mass is 9.41. The molecular formula is C55H86O22. The predicted molar refractivity (Wildman–Crippen MR) is 265 cm³/mol. The van der Waals surface area contributed by atoms with Crippen molar-refractivity contribution in [3.8, 4) is 0 Å². The molecule has 5 saturated heterocycles. The molecule has 9 N–H and O–H groups in total. The number of cyclic esters (lactones) is 1. The number of rotatable bonds is 15. The SMILES string of the molecule is C=C(C)CCCC1(C)OC(=O)C23CC=C4C(CCC5C4(C)CCC(OC4OCC(O)C(O)C4OC4OC(C)C(OC6OCC(O)C(OC7OC(CO)C(O)C(OC)C7O)C6O)C(O)C4O)C5(C)C)C2(C)CC(OC(C)=O)C13. The van der Waals surface area contributed by atoms with Crippen molar-refractivity contribution in [2.45, 2.75) is 242 Å². The van der Waals surface area contributed by atoms with Crippen LogP contribution in [0.1, 0.15) is 113 Å². The van der Waals surface area contributed by atoms with E-state index in [-0.39, 0.29) is 41.7 Å². The molecule has 8 fully saturated rings. The number of allylic oxidation sites excluding steroid dienone is 3. The standard InChI is InChI=1S/C55H86O22/c1-24(2)12-11-17-54(9)45-31(71-26(4)57)20-53(8)28-13-14-33-51(5,6)34(16-18-52(33,7)27(28)15-19-55(45,53)50(66)77-54)73-49-44(35(60)29(58)22-69-49)76-47-38(63)37(62)41(25(3)70-47)74-46-39(64)42(30(59)23-68-46)75-48-40(65)43(67-10)36(61)32(21-56)72-48/h15,25,28-49,56,58-65H,1,11-14,16-23H2,2-10H3. The highest BCUT2D eigenvalue weighted by Crippen LogP contribution is 2.76. The number of fused-ring (bicyclic) bond motifs is 4. The number of aliphatic hydroxyl groups excluding tert-OH is 9. The van der Waals surface area contributed by atoms with Crippen LogP contribution in [0, 0.1) is 39.4 Å². The summed E-state index contributed by atoms with van der Waals surface area (Å²) in [6.07, 6.45) is -19.3. The minimum absolute atomic E-state index is 0.0258. The van der Waals surface area contributed by atoms with Gasteiger partial charge in [-0.05, 0) is 107 Å². The van der Waals surface area contributed by atoms with E-state index in [1.165, 1.54) is 26.5 Å². The van der Waals surface area contributed by atoms with E-state index < -0.39 is 158 Å². The summed E-state index contributed by atoms with van der Waals surface area (Å²) in [5, 5.41) is 98.7. The Morgan fingerprint density at radius 3 is 2.08 bits per heavy atom. The van der Waals surface area contributed by atoms with Crippen LogP contribution in [-0.4, -0.2) is 213 Å². The molecule has 1 spiro atoms. The van der Waals surface area contributed by atoms with Crippen LogP contribution >= 0.6 is 0 Å². The van der Waals surface area contributed by atoms with E-state index >= 15 is 0 Å². The van der Waals surface area contributed by atoms with Gasteiger partial charge >= 0.3 is 11.9 Å². The number of esters is 2. The largest absolute Gasteiger partial charge is 0.462 e. The lowest BCUT2D eigenvalue weighted by Gasteiger charge is -2.63. The Bertz CT molecular complexity index is 2180. The molecule has 0 aromatic carbocycles. The topological polar surface area (TPSA) is 318 Å². The first-order valence-electron chi connectivity index (χ1n) is 27.7. The summed E-state index contributed by atoms with van der Waals surface area (Å²) < 4.78 is 66.0. The maximum atomic E-state index is 14.6. The molecule has 0 radical (unpaired) electrons. The van der Waals surface area contributed by atoms with Gasteiger partial charge in [-0.2, -0.15) is 0 Å². The molecule has 9 aliphatic rings. The smallest absolute Gasteiger partial charge is 0.314 e. The van der Waals surface area contributed by atoms with Crippen LogP contribution in [0.25, 0.3) is 0 Å². The molecular weight excluding hydrogens is 1010 g/mol. The van der Waals surface area contributed by atoms with Crippen LogP contribution in [0.4, 0.5) is 0 Å². The molecule has 27 atom stereocenters. The van der Waals surface area contributed by atoms with E-state index in [1.807, 2.05) is 13.8 Å². The van der Waals surface area contributed by atoms with Crippen LogP contribution in [0.15, 0.2) is 23.8 Å². The van der Waals surface area contributed by atoms with Crippen LogP contribution < -0.4 is 0 Å². The summed E-state index contributed by atoms with van der Waals surface area (Å²) in [5.41, 5.74) is -0.657. The van der Waals surface area contributed by atoms with Crippen molar-refractivity contribution in [1.29, 1.82) is 0 Å². The highest BCUT2D eigenvalue weighted by atomic mass is 16.8. The predicted octanol–water partition coefficient (Wildman–Crippen LogP) is 0.793. The van der Waals surface area contributed by atoms with Gasteiger partial charge in [0.05, 0.1) is 43.4 Å². The highest BCUT2D eigenvalue weighted by Gasteiger charge is 2.79. The maximum Gasteiger partial charge on any atom is 0.314 e. The summed E-state index contributed by atoms with van der Waals surface area (Å²) >= 11 is 0. The lowest BCUT2D eigenvalue weighted by Crippen LogP contribution is -2.65. The minimum Gasteiger partial charge on any atom is -0.462 e. The zero-order valence-electron chi connectivity index (χ0n) is 45.9. The van der Waals surface area contributed by atoms with E-state index in [0.29, 0.717) is 25.7 Å². The van der Waals surface area contributed by atoms with Crippen LogP contribution in [-0.2, 0) is 61.7 Å². The number of hydrogen-bond acceptors (Lipinski definition) is 22. The van der Waals surface area contributed by atoms with Gasteiger partial charge in [0.1, 0.15) is 91.1 Å². The summed E-state index contributed by atoms with van der Waals surface area (Å²) in [6, 6.07) is 0.